The van der Waals surface area contributed by atoms with Crippen LogP contribution in [-0.4, -0.2) is 36.6 Å². The molecule has 0 saturated carbocycles. The Hall–Kier alpha value is -1.13. The number of rotatable bonds is 7. The molecule has 0 aliphatic carbocycles. The molecule has 0 fully saturated rings. The summed E-state index contributed by atoms with van der Waals surface area (Å²) in [5.41, 5.74) is 1.14. The number of nitrogens with one attached hydrogen (secondary N) is 1. The van der Waals surface area contributed by atoms with Crippen LogP contribution in [0.15, 0.2) is 18.3 Å². The zero-order chi connectivity index (χ0) is 10.9. The summed E-state index contributed by atoms with van der Waals surface area (Å²) in [5.74, 6) is 0. The molecule has 0 aliphatic heterocycles. The van der Waals surface area contributed by atoms with Crippen molar-refractivity contribution < 1.29 is 4.74 Å². The predicted molar refractivity (Wildman–Crippen MR) is 61.7 cm³/mol. The van der Waals surface area contributed by atoms with Gasteiger partial charge in [0.25, 0.3) is 0 Å². The van der Waals surface area contributed by atoms with Gasteiger partial charge in [-0.1, -0.05) is 6.08 Å². The molecule has 15 heavy (non-hydrogen) atoms. The molecular formula is C11H19N3O. The lowest BCUT2D eigenvalue weighted by Gasteiger charge is -2.00. The second kappa shape index (κ2) is 7.20. The molecule has 1 aromatic heterocycles. The molecule has 0 radical (unpaired) electrons. The molecule has 0 atom stereocenters. The molecule has 0 bridgehead atoms. The SMILES string of the molecule is CCn1nccc1/C=C/CNCCOC. The van der Waals surface area contributed by atoms with Gasteiger partial charge >= 0.3 is 0 Å². The Bertz CT molecular complexity index is 294. The van der Waals surface area contributed by atoms with E-state index in [1.807, 2.05) is 16.9 Å². The van der Waals surface area contributed by atoms with Crippen LogP contribution in [0.4, 0.5) is 0 Å². The third-order valence-electron chi connectivity index (χ3n) is 2.08. The summed E-state index contributed by atoms with van der Waals surface area (Å²) in [4.78, 5) is 0. The number of ether oxygens (including phenoxy) is 1. The highest BCUT2D eigenvalue weighted by atomic mass is 16.5. The molecule has 0 aromatic carbocycles. The van der Waals surface area contributed by atoms with Gasteiger partial charge in [-0.15, -0.1) is 0 Å². The van der Waals surface area contributed by atoms with E-state index in [2.05, 4.69) is 29.5 Å². The minimum Gasteiger partial charge on any atom is -0.383 e. The van der Waals surface area contributed by atoms with Gasteiger partial charge < -0.3 is 10.1 Å². The van der Waals surface area contributed by atoms with Gasteiger partial charge in [-0.2, -0.15) is 5.10 Å². The first-order chi connectivity index (χ1) is 7.38. The predicted octanol–water partition coefficient (Wildman–Crippen LogP) is 1.15. The number of hydrogen-bond donors (Lipinski definition) is 1. The van der Waals surface area contributed by atoms with E-state index in [0.717, 1.165) is 31.9 Å². The van der Waals surface area contributed by atoms with Gasteiger partial charge in [0.2, 0.25) is 0 Å². The largest absolute Gasteiger partial charge is 0.383 e. The molecule has 1 N–H and O–H groups in total. The summed E-state index contributed by atoms with van der Waals surface area (Å²) < 4.78 is 6.89. The first-order valence-corrected chi connectivity index (χ1v) is 5.26. The van der Waals surface area contributed by atoms with Crippen molar-refractivity contribution in [2.24, 2.45) is 0 Å². The average molecular weight is 209 g/mol. The molecule has 0 saturated heterocycles. The van der Waals surface area contributed by atoms with Crippen molar-refractivity contribution >= 4 is 6.08 Å². The third-order valence-corrected chi connectivity index (χ3v) is 2.08. The average Bonchev–Trinajstić information content (AvgIpc) is 2.70. The first kappa shape index (κ1) is 11.9. The van der Waals surface area contributed by atoms with Crippen LogP contribution in [0.25, 0.3) is 6.08 Å². The molecule has 4 heteroatoms. The Kier molecular flexibility index (Phi) is 5.73. The van der Waals surface area contributed by atoms with Crippen molar-refractivity contribution in [1.82, 2.24) is 15.1 Å². The van der Waals surface area contributed by atoms with Crippen LogP contribution in [0.3, 0.4) is 0 Å². The molecule has 0 aliphatic rings. The molecule has 0 spiro atoms. The highest BCUT2D eigenvalue weighted by Gasteiger charge is 1.93. The van der Waals surface area contributed by atoms with Gasteiger partial charge in [0, 0.05) is 32.9 Å². The van der Waals surface area contributed by atoms with Crippen molar-refractivity contribution in [3.8, 4) is 0 Å². The zero-order valence-electron chi connectivity index (χ0n) is 9.44. The van der Waals surface area contributed by atoms with Gasteiger partial charge in [-0.05, 0) is 19.1 Å². The molecular weight excluding hydrogens is 190 g/mol. The minimum absolute atomic E-state index is 0.751. The van der Waals surface area contributed by atoms with Gasteiger partial charge in [0.1, 0.15) is 0 Å². The standard InChI is InChI=1S/C11H19N3O/c1-3-14-11(6-8-13-14)5-4-7-12-9-10-15-2/h4-6,8,12H,3,7,9-10H2,1-2H3/b5-4+. The van der Waals surface area contributed by atoms with Crippen molar-refractivity contribution in [3.63, 3.8) is 0 Å². The van der Waals surface area contributed by atoms with Crippen LogP contribution in [0.5, 0.6) is 0 Å². The van der Waals surface area contributed by atoms with Crippen LogP contribution in [0.2, 0.25) is 0 Å². The van der Waals surface area contributed by atoms with E-state index >= 15 is 0 Å². The van der Waals surface area contributed by atoms with Gasteiger partial charge in [-0.3, -0.25) is 4.68 Å². The minimum atomic E-state index is 0.751. The van der Waals surface area contributed by atoms with Crippen LogP contribution in [-0.2, 0) is 11.3 Å². The Morgan fingerprint density at radius 2 is 2.47 bits per heavy atom. The fourth-order valence-electron chi connectivity index (χ4n) is 1.29. The smallest absolute Gasteiger partial charge is 0.0607 e. The lowest BCUT2D eigenvalue weighted by atomic mass is 10.3. The fourth-order valence-corrected chi connectivity index (χ4v) is 1.29. The zero-order valence-corrected chi connectivity index (χ0v) is 9.44. The molecule has 0 unspecified atom stereocenters. The maximum Gasteiger partial charge on any atom is 0.0607 e. The lowest BCUT2D eigenvalue weighted by Crippen LogP contribution is -2.18. The summed E-state index contributed by atoms with van der Waals surface area (Å²) in [6.45, 7) is 5.48. The Morgan fingerprint density at radius 3 is 3.20 bits per heavy atom. The van der Waals surface area contributed by atoms with E-state index in [4.69, 9.17) is 4.74 Å². The van der Waals surface area contributed by atoms with Gasteiger partial charge in [0.15, 0.2) is 0 Å². The number of aromatic nitrogens is 2. The second-order valence-corrected chi connectivity index (χ2v) is 3.17. The highest BCUT2D eigenvalue weighted by Crippen LogP contribution is 2.00. The van der Waals surface area contributed by atoms with E-state index in [-0.39, 0.29) is 0 Å². The maximum atomic E-state index is 4.93. The number of nitrogens with zero attached hydrogens (tertiary/aromatic N) is 2. The summed E-state index contributed by atoms with van der Waals surface area (Å²) in [7, 11) is 1.71. The monoisotopic (exact) mass is 209 g/mol. The second-order valence-electron chi connectivity index (χ2n) is 3.17. The van der Waals surface area contributed by atoms with Crippen molar-refractivity contribution in [2.75, 3.05) is 26.8 Å². The van der Waals surface area contributed by atoms with Crippen LogP contribution in [0.1, 0.15) is 12.6 Å². The Labute approximate surface area is 90.9 Å². The van der Waals surface area contributed by atoms with Crippen LogP contribution >= 0.6 is 0 Å². The molecule has 1 aromatic rings. The molecule has 1 rings (SSSR count). The van der Waals surface area contributed by atoms with E-state index in [9.17, 15) is 0 Å². The van der Waals surface area contributed by atoms with E-state index in [1.54, 1.807) is 7.11 Å². The van der Waals surface area contributed by atoms with Crippen molar-refractivity contribution in [1.29, 1.82) is 0 Å². The number of methoxy groups -OCH3 is 1. The molecule has 0 amide bonds. The van der Waals surface area contributed by atoms with Crippen LogP contribution in [0, 0.1) is 0 Å². The van der Waals surface area contributed by atoms with Gasteiger partial charge in [-0.25, -0.2) is 0 Å². The summed E-state index contributed by atoms with van der Waals surface area (Å²) in [5, 5.41) is 7.43. The van der Waals surface area contributed by atoms with Crippen LogP contribution < -0.4 is 5.32 Å². The Morgan fingerprint density at radius 1 is 1.60 bits per heavy atom. The van der Waals surface area contributed by atoms with Gasteiger partial charge in [0.05, 0.1) is 12.3 Å². The maximum absolute atomic E-state index is 4.93. The number of hydrogen-bond acceptors (Lipinski definition) is 3. The molecule has 4 nitrogen and oxygen atoms in total. The Balaban J connectivity index is 2.25. The lowest BCUT2D eigenvalue weighted by molar-refractivity contribution is 0.200. The quantitative estimate of drug-likeness (QED) is 0.685. The topological polar surface area (TPSA) is 39.1 Å². The van der Waals surface area contributed by atoms with Crippen molar-refractivity contribution in [2.45, 2.75) is 13.5 Å². The van der Waals surface area contributed by atoms with E-state index in [0.29, 0.717) is 0 Å². The first-order valence-electron chi connectivity index (χ1n) is 5.26. The normalized spacial score (nSPS) is 11.3. The van der Waals surface area contributed by atoms with E-state index in [1.165, 1.54) is 0 Å². The number of aryl methyl sites for hydroxylation is 1. The van der Waals surface area contributed by atoms with E-state index < -0.39 is 0 Å². The van der Waals surface area contributed by atoms with Crippen molar-refractivity contribution in [3.05, 3.63) is 24.0 Å². The highest BCUT2D eigenvalue weighted by molar-refractivity contribution is 5.44. The molecule has 1 heterocycles. The summed E-state index contributed by atoms with van der Waals surface area (Å²) >= 11 is 0. The summed E-state index contributed by atoms with van der Waals surface area (Å²) in [6, 6.07) is 2.01. The fraction of sp³-hybridized carbons (Fsp3) is 0.545. The molecule has 84 valence electrons. The third kappa shape index (κ3) is 4.27. The summed E-state index contributed by atoms with van der Waals surface area (Å²) in [6.07, 6.45) is 6.00.